The van der Waals surface area contributed by atoms with Crippen molar-refractivity contribution in [3.63, 3.8) is 0 Å². The minimum atomic E-state index is -0.333. The fraction of sp³-hybridized carbons (Fsp3) is 0.143. The van der Waals surface area contributed by atoms with E-state index in [4.69, 9.17) is 11.6 Å². The number of hydrogen-bond donors (Lipinski definition) is 1. The molecule has 0 atom stereocenters. The fourth-order valence-corrected chi connectivity index (χ4v) is 3.27. The van der Waals surface area contributed by atoms with E-state index in [1.807, 2.05) is 44.2 Å². The van der Waals surface area contributed by atoms with Gasteiger partial charge in [-0.05, 0) is 43.2 Å². The number of rotatable bonds is 4. The average molecular weight is 408 g/mol. The van der Waals surface area contributed by atoms with Gasteiger partial charge in [-0.25, -0.2) is 9.67 Å². The van der Waals surface area contributed by atoms with Crippen LogP contribution in [0.4, 0.5) is 5.69 Å². The topological polar surface area (TPSA) is 81.8 Å². The number of carbonyl (C=O) groups excluding carboxylic acids is 1. The Morgan fingerprint density at radius 2 is 1.93 bits per heavy atom. The van der Waals surface area contributed by atoms with E-state index in [0.29, 0.717) is 21.7 Å². The molecule has 4 rings (SSSR count). The minimum absolute atomic E-state index is 0.141. The van der Waals surface area contributed by atoms with Gasteiger partial charge in [0.2, 0.25) is 5.91 Å². The van der Waals surface area contributed by atoms with E-state index in [-0.39, 0.29) is 18.0 Å². The molecule has 2 aromatic heterocycles. The number of para-hydroxylation sites is 1. The Balaban J connectivity index is 1.65. The van der Waals surface area contributed by atoms with Crippen LogP contribution < -0.4 is 10.9 Å². The first-order valence-corrected chi connectivity index (χ1v) is 9.37. The van der Waals surface area contributed by atoms with Crippen molar-refractivity contribution in [3.8, 4) is 5.69 Å². The highest BCUT2D eigenvalue weighted by Crippen LogP contribution is 2.21. The summed E-state index contributed by atoms with van der Waals surface area (Å²) in [7, 11) is 0. The Morgan fingerprint density at radius 1 is 1.14 bits per heavy atom. The number of benzene rings is 2. The van der Waals surface area contributed by atoms with Crippen molar-refractivity contribution in [2.45, 2.75) is 20.4 Å². The first-order chi connectivity index (χ1) is 13.9. The lowest BCUT2D eigenvalue weighted by atomic mass is 10.2. The van der Waals surface area contributed by atoms with Crippen LogP contribution in [0.5, 0.6) is 0 Å². The summed E-state index contributed by atoms with van der Waals surface area (Å²) in [5.41, 5.74) is 3.43. The van der Waals surface area contributed by atoms with Gasteiger partial charge in [0.1, 0.15) is 18.3 Å². The molecule has 0 saturated carbocycles. The lowest BCUT2D eigenvalue weighted by molar-refractivity contribution is -0.116. The number of hydrogen-bond acceptors (Lipinski definition) is 4. The number of amides is 1. The Bertz CT molecular complexity index is 1290. The molecule has 0 fully saturated rings. The lowest BCUT2D eigenvalue weighted by Crippen LogP contribution is -2.28. The summed E-state index contributed by atoms with van der Waals surface area (Å²) in [6, 6.07) is 12.9. The van der Waals surface area contributed by atoms with Crippen LogP contribution in [-0.2, 0) is 11.3 Å². The highest BCUT2D eigenvalue weighted by molar-refractivity contribution is 6.30. The van der Waals surface area contributed by atoms with Crippen LogP contribution in [0.2, 0.25) is 5.02 Å². The maximum atomic E-state index is 12.8. The van der Waals surface area contributed by atoms with Crippen molar-refractivity contribution < 1.29 is 4.79 Å². The zero-order valence-corrected chi connectivity index (χ0v) is 16.6. The number of aryl methyl sites for hydroxylation is 2. The predicted octanol–water partition coefficient (Wildman–Crippen LogP) is 3.49. The highest BCUT2D eigenvalue weighted by atomic mass is 35.5. The van der Waals surface area contributed by atoms with Gasteiger partial charge in [-0.15, -0.1) is 0 Å². The second-order valence-corrected chi connectivity index (χ2v) is 7.20. The first-order valence-electron chi connectivity index (χ1n) is 8.99. The standard InChI is InChI=1S/C21H18ClN5O2/c1-13-5-3-4-6-17(13)25-19(28)11-26-12-23-20-16(21(26)29)10-24-27(20)18-9-15(22)8-7-14(18)2/h3-10,12H,11H2,1-2H3,(H,25,28). The fourth-order valence-electron chi connectivity index (χ4n) is 3.11. The highest BCUT2D eigenvalue weighted by Gasteiger charge is 2.15. The number of nitrogens with one attached hydrogen (secondary N) is 1. The van der Waals surface area contributed by atoms with Crippen LogP contribution >= 0.6 is 11.6 Å². The zero-order chi connectivity index (χ0) is 20.5. The van der Waals surface area contributed by atoms with Crippen LogP contribution in [0.3, 0.4) is 0 Å². The summed E-state index contributed by atoms with van der Waals surface area (Å²) in [6.07, 6.45) is 2.82. The number of halogens is 1. The molecule has 0 radical (unpaired) electrons. The molecule has 29 heavy (non-hydrogen) atoms. The average Bonchev–Trinajstić information content (AvgIpc) is 3.12. The number of carbonyl (C=O) groups is 1. The van der Waals surface area contributed by atoms with E-state index < -0.39 is 0 Å². The van der Waals surface area contributed by atoms with Crippen LogP contribution in [0, 0.1) is 13.8 Å². The van der Waals surface area contributed by atoms with Crippen molar-refractivity contribution in [2.24, 2.45) is 0 Å². The monoisotopic (exact) mass is 407 g/mol. The molecule has 2 aromatic carbocycles. The number of fused-ring (bicyclic) bond motifs is 1. The summed E-state index contributed by atoms with van der Waals surface area (Å²) in [5, 5.41) is 8.02. The summed E-state index contributed by atoms with van der Waals surface area (Å²) >= 11 is 6.10. The second kappa shape index (κ2) is 7.52. The lowest BCUT2D eigenvalue weighted by Gasteiger charge is -2.10. The first kappa shape index (κ1) is 18.9. The quantitative estimate of drug-likeness (QED) is 0.561. The molecule has 1 amide bonds. The molecule has 0 aliphatic rings. The number of anilines is 1. The molecule has 8 heteroatoms. The molecule has 0 spiro atoms. The van der Waals surface area contributed by atoms with E-state index in [0.717, 1.165) is 16.8 Å². The van der Waals surface area contributed by atoms with Crippen molar-refractivity contribution >= 4 is 34.2 Å². The number of aromatic nitrogens is 4. The third-order valence-corrected chi connectivity index (χ3v) is 4.92. The van der Waals surface area contributed by atoms with Crippen LogP contribution in [0.25, 0.3) is 16.7 Å². The van der Waals surface area contributed by atoms with Gasteiger partial charge in [0.05, 0.1) is 11.9 Å². The van der Waals surface area contributed by atoms with Crippen molar-refractivity contribution in [1.82, 2.24) is 19.3 Å². The number of nitrogens with zero attached hydrogens (tertiary/aromatic N) is 4. The largest absolute Gasteiger partial charge is 0.324 e. The molecule has 1 N–H and O–H groups in total. The molecule has 0 aliphatic heterocycles. The van der Waals surface area contributed by atoms with Gasteiger partial charge >= 0.3 is 0 Å². The Labute approximate surface area is 171 Å². The van der Waals surface area contributed by atoms with E-state index in [1.54, 1.807) is 16.8 Å². The van der Waals surface area contributed by atoms with Gasteiger partial charge in [0.25, 0.3) is 5.56 Å². The smallest absolute Gasteiger partial charge is 0.264 e. The third-order valence-electron chi connectivity index (χ3n) is 4.69. The Kier molecular flexibility index (Phi) is 4.90. The molecule has 0 unspecified atom stereocenters. The minimum Gasteiger partial charge on any atom is -0.324 e. The van der Waals surface area contributed by atoms with E-state index >= 15 is 0 Å². The molecular formula is C21H18ClN5O2. The second-order valence-electron chi connectivity index (χ2n) is 6.77. The van der Waals surface area contributed by atoms with Crippen molar-refractivity contribution in [2.75, 3.05) is 5.32 Å². The molecular weight excluding hydrogens is 390 g/mol. The third kappa shape index (κ3) is 3.64. The molecule has 0 bridgehead atoms. The van der Waals surface area contributed by atoms with Gasteiger partial charge in [0, 0.05) is 10.7 Å². The van der Waals surface area contributed by atoms with Gasteiger partial charge in [-0.1, -0.05) is 35.9 Å². The van der Waals surface area contributed by atoms with Crippen LogP contribution in [0.15, 0.2) is 59.8 Å². The van der Waals surface area contributed by atoms with Gasteiger partial charge in [-0.3, -0.25) is 14.2 Å². The molecule has 0 saturated heterocycles. The molecule has 146 valence electrons. The predicted molar refractivity (Wildman–Crippen MR) is 113 cm³/mol. The SMILES string of the molecule is Cc1ccccc1NC(=O)Cn1cnc2c(cnn2-c2cc(Cl)ccc2C)c1=O. The summed E-state index contributed by atoms with van der Waals surface area (Å²) < 4.78 is 2.85. The Hall–Kier alpha value is -3.45. The van der Waals surface area contributed by atoms with Gasteiger partial charge < -0.3 is 5.32 Å². The molecule has 7 nitrogen and oxygen atoms in total. The molecule has 0 aliphatic carbocycles. The van der Waals surface area contributed by atoms with Crippen molar-refractivity contribution in [1.29, 1.82) is 0 Å². The maximum absolute atomic E-state index is 12.8. The van der Waals surface area contributed by atoms with E-state index in [2.05, 4.69) is 15.4 Å². The maximum Gasteiger partial charge on any atom is 0.264 e. The van der Waals surface area contributed by atoms with E-state index in [1.165, 1.54) is 17.1 Å². The molecule has 4 aromatic rings. The van der Waals surface area contributed by atoms with Crippen LogP contribution in [0.1, 0.15) is 11.1 Å². The van der Waals surface area contributed by atoms with E-state index in [9.17, 15) is 9.59 Å². The summed E-state index contributed by atoms with van der Waals surface area (Å²) in [5.74, 6) is -0.305. The Morgan fingerprint density at radius 3 is 2.72 bits per heavy atom. The van der Waals surface area contributed by atoms with Gasteiger partial charge in [0.15, 0.2) is 5.65 Å². The van der Waals surface area contributed by atoms with Crippen LogP contribution in [-0.4, -0.2) is 25.2 Å². The van der Waals surface area contributed by atoms with Gasteiger partial charge in [-0.2, -0.15) is 5.10 Å². The molecule has 2 heterocycles. The zero-order valence-electron chi connectivity index (χ0n) is 15.9. The van der Waals surface area contributed by atoms with Crippen molar-refractivity contribution in [3.05, 3.63) is 81.5 Å². The summed E-state index contributed by atoms with van der Waals surface area (Å²) in [6.45, 7) is 3.69. The normalized spacial score (nSPS) is 11.0. The summed E-state index contributed by atoms with van der Waals surface area (Å²) in [4.78, 5) is 29.6.